The first-order valence-corrected chi connectivity index (χ1v) is 3.02. The van der Waals surface area contributed by atoms with Gasteiger partial charge in [-0.05, 0) is 10.3 Å². The quantitative estimate of drug-likeness (QED) is 0.158. The Morgan fingerprint density at radius 2 is 1.62 bits per heavy atom. The topological polar surface area (TPSA) is 164 Å². The summed E-state index contributed by atoms with van der Waals surface area (Å²) in [7, 11) is 0. The van der Waals surface area contributed by atoms with E-state index >= 15 is 0 Å². The number of rotatable bonds is 4. The lowest BCUT2D eigenvalue weighted by Crippen LogP contribution is -2.25. The summed E-state index contributed by atoms with van der Waals surface area (Å²) < 4.78 is 0. The third kappa shape index (κ3) is 7.71. The highest BCUT2D eigenvalue weighted by molar-refractivity contribution is 5.77. The number of hydrogen-bond acceptors (Lipinski definition) is 5. The second-order valence-corrected chi connectivity index (χ2v) is 1.77. The van der Waals surface area contributed by atoms with Gasteiger partial charge >= 0.3 is 5.97 Å². The van der Waals surface area contributed by atoms with Crippen LogP contribution in [0.5, 0.6) is 0 Å². The van der Waals surface area contributed by atoms with Crippen molar-refractivity contribution in [2.75, 3.05) is 6.61 Å². The van der Waals surface area contributed by atoms with E-state index in [2.05, 4.69) is 20.0 Å². The van der Waals surface area contributed by atoms with Crippen molar-refractivity contribution in [3.63, 3.8) is 0 Å². The van der Waals surface area contributed by atoms with Crippen molar-refractivity contribution < 1.29 is 14.5 Å². The first kappa shape index (κ1) is 10.8. The number of oxime groups is 2. The Balaban J connectivity index is 3.65. The van der Waals surface area contributed by atoms with E-state index in [1.165, 1.54) is 0 Å². The van der Waals surface area contributed by atoms with Gasteiger partial charge in [-0.15, -0.1) is 0 Å². The maximum atomic E-state index is 10.6. The summed E-state index contributed by atoms with van der Waals surface area (Å²) in [5.74, 6) is -1.52. The summed E-state index contributed by atoms with van der Waals surface area (Å²) in [4.78, 5) is 19.0. The predicted molar refractivity (Wildman–Crippen MR) is 43.7 cm³/mol. The van der Waals surface area contributed by atoms with Crippen LogP contribution in [0.1, 0.15) is 0 Å². The Morgan fingerprint density at radius 1 is 1.08 bits per heavy atom. The number of guanidine groups is 2. The number of nitrogens with zero attached hydrogens (tertiary/aromatic N) is 2. The van der Waals surface area contributed by atoms with Crippen molar-refractivity contribution in [2.45, 2.75) is 0 Å². The molecule has 0 bridgehead atoms. The number of carbonyl (C=O) groups excluding carboxylic acids is 1. The second kappa shape index (κ2) is 5.46. The zero-order valence-corrected chi connectivity index (χ0v) is 6.64. The highest BCUT2D eigenvalue weighted by Gasteiger charge is 2.02. The minimum atomic E-state index is -0.835. The molecule has 0 rings (SSSR count). The lowest BCUT2D eigenvalue weighted by molar-refractivity contribution is -0.149. The van der Waals surface area contributed by atoms with Gasteiger partial charge in [-0.3, -0.25) is 0 Å². The van der Waals surface area contributed by atoms with E-state index in [9.17, 15) is 4.79 Å². The smallest absolute Gasteiger partial charge is 0.375 e. The second-order valence-electron chi connectivity index (χ2n) is 1.77. The van der Waals surface area contributed by atoms with Gasteiger partial charge in [-0.1, -0.05) is 0 Å². The fraction of sp³-hybridized carbons (Fsp3) is 0.250. The van der Waals surface area contributed by atoms with Crippen molar-refractivity contribution in [3.05, 3.63) is 0 Å². The van der Waals surface area contributed by atoms with Gasteiger partial charge in [0.15, 0.2) is 0 Å². The molecule has 0 aliphatic carbocycles. The van der Waals surface area contributed by atoms with E-state index in [1.807, 2.05) is 0 Å². The maximum absolute atomic E-state index is 10.6. The largest absolute Gasteiger partial charge is 0.381 e. The average molecular weight is 190 g/mol. The Hall–Kier alpha value is -2.19. The Kier molecular flexibility index (Phi) is 4.54. The van der Waals surface area contributed by atoms with Crippen LogP contribution < -0.4 is 22.9 Å². The highest BCUT2D eigenvalue weighted by Crippen LogP contribution is 1.82. The van der Waals surface area contributed by atoms with Crippen LogP contribution in [0, 0.1) is 0 Å². The molecule has 0 aromatic rings. The molecule has 0 aromatic carbocycles. The summed E-state index contributed by atoms with van der Waals surface area (Å²) in [6.07, 6.45) is 0. The normalized spacial score (nSPS) is 8.31. The van der Waals surface area contributed by atoms with E-state index in [0.29, 0.717) is 0 Å². The molecular weight excluding hydrogens is 180 g/mol. The SMILES string of the molecule is NC(N)=NOCC(=O)ON=C(N)N. The van der Waals surface area contributed by atoms with Crippen LogP contribution in [0.15, 0.2) is 10.3 Å². The molecule has 0 amide bonds. The third-order valence-electron chi connectivity index (χ3n) is 0.605. The van der Waals surface area contributed by atoms with E-state index in [0.717, 1.165) is 0 Å². The minimum Gasteiger partial charge on any atom is -0.381 e. The first-order valence-electron chi connectivity index (χ1n) is 3.02. The molecule has 0 fully saturated rings. The van der Waals surface area contributed by atoms with Gasteiger partial charge in [-0.2, -0.15) is 0 Å². The van der Waals surface area contributed by atoms with Crippen molar-refractivity contribution in [2.24, 2.45) is 33.2 Å². The molecule has 9 heteroatoms. The summed E-state index contributed by atoms with van der Waals surface area (Å²) in [6.45, 7) is -0.491. The highest BCUT2D eigenvalue weighted by atomic mass is 16.7. The van der Waals surface area contributed by atoms with Crippen molar-refractivity contribution in [1.82, 2.24) is 0 Å². The van der Waals surface area contributed by atoms with Crippen LogP contribution in [0.25, 0.3) is 0 Å². The molecule has 0 unspecified atom stereocenters. The van der Waals surface area contributed by atoms with Gasteiger partial charge in [-0.25, -0.2) is 4.79 Å². The Labute approximate surface area is 73.3 Å². The summed E-state index contributed by atoms with van der Waals surface area (Å²) in [5, 5.41) is 6.01. The van der Waals surface area contributed by atoms with E-state index in [-0.39, 0.29) is 11.9 Å². The van der Waals surface area contributed by atoms with Crippen LogP contribution in [0.2, 0.25) is 0 Å². The average Bonchev–Trinajstić information content (AvgIpc) is 2.00. The number of carbonyl (C=O) groups is 1. The van der Waals surface area contributed by atoms with Crippen LogP contribution >= 0.6 is 0 Å². The van der Waals surface area contributed by atoms with Crippen LogP contribution in [0.3, 0.4) is 0 Å². The minimum absolute atomic E-state index is 0.311. The van der Waals surface area contributed by atoms with Crippen LogP contribution in [0.4, 0.5) is 0 Å². The standard InChI is InChI=1S/C4H10N6O3/c5-3(6)9-12-1-2(11)13-10-4(7)8/h1H2,(H4,5,6,9)(H4,7,8,10). The maximum Gasteiger partial charge on any atom is 0.375 e. The lowest BCUT2D eigenvalue weighted by atomic mass is 10.8. The lowest BCUT2D eigenvalue weighted by Gasteiger charge is -1.96. The molecule has 13 heavy (non-hydrogen) atoms. The fourth-order valence-electron chi connectivity index (χ4n) is 0.289. The monoisotopic (exact) mass is 190 g/mol. The molecule has 9 nitrogen and oxygen atoms in total. The fourth-order valence-corrected chi connectivity index (χ4v) is 0.289. The zero-order chi connectivity index (χ0) is 10.3. The van der Waals surface area contributed by atoms with Crippen LogP contribution in [-0.2, 0) is 14.5 Å². The Morgan fingerprint density at radius 3 is 2.08 bits per heavy atom. The summed E-state index contributed by atoms with van der Waals surface area (Å²) in [6, 6.07) is 0. The number of hydrogen-bond donors (Lipinski definition) is 4. The molecule has 0 radical (unpaired) electrons. The molecule has 0 aromatic heterocycles. The van der Waals surface area contributed by atoms with E-state index in [1.54, 1.807) is 0 Å². The summed E-state index contributed by atoms with van der Waals surface area (Å²) >= 11 is 0. The van der Waals surface area contributed by atoms with Crippen molar-refractivity contribution >= 4 is 17.9 Å². The molecule has 0 aliphatic heterocycles. The van der Waals surface area contributed by atoms with Gasteiger partial charge < -0.3 is 32.6 Å². The zero-order valence-electron chi connectivity index (χ0n) is 6.64. The molecule has 8 N–H and O–H groups in total. The molecular formula is C4H10N6O3. The first-order chi connectivity index (χ1) is 6.02. The predicted octanol–water partition coefficient (Wildman–Crippen LogP) is -3.08. The Bertz CT molecular complexity index is 228. The molecule has 0 aliphatic rings. The van der Waals surface area contributed by atoms with Gasteiger partial charge in [0.1, 0.15) is 0 Å². The molecule has 0 saturated carbocycles. The number of nitrogens with two attached hydrogens (primary N) is 4. The molecule has 0 saturated heterocycles. The van der Waals surface area contributed by atoms with Gasteiger partial charge in [0.2, 0.25) is 18.5 Å². The molecule has 0 heterocycles. The van der Waals surface area contributed by atoms with Crippen LogP contribution in [-0.4, -0.2) is 24.5 Å². The van der Waals surface area contributed by atoms with E-state index in [4.69, 9.17) is 22.9 Å². The van der Waals surface area contributed by atoms with Gasteiger partial charge in [0, 0.05) is 0 Å². The van der Waals surface area contributed by atoms with E-state index < -0.39 is 12.6 Å². The molecule has 0 spiro atoms. The van der Waals surface area contributed by atoms with Crippen molar-refractivity contribution in [1.29, 1.82) is 0 Å². The van der Waals surface area contributed by atoms with Gasteiger partial charge in [0.25, 0.3) is 0 Å². The molecule has 0 atom stereocenters. The van der Waals surface area contributed by atoms with Crippen molar-refractivity contribution in [3.8, 4) is 0 Å². The van der Waals surface area contributed by atoms with Gasteiger partial charge in [0.05, 0.1) is 0 Å². The molecule has 74 valence electrons. The third-order valence-corrected chi connectivity index (χ3v) is 0.605. The summed E-state index contributed by atoms with van der Waals surface area (Å²) in [5.41, 5.74) is 19.5.